The average Bonchev–Trinajstić information content (AvgIpc) is 3.09. The Morgan fingerprint density at radius 2 is 2.25 bits per heavy atom. The van der Waals surface area contributed by atoms with Crippen LogP contribution in [0.15, 0.2) is 35.7 Å². The van der Waals surface area contributed by atoms with Crippen LogP contribution in [0.4, 0.5) is 4.39 Å². The molecule has 5 nitrogen and oxygen atoms in total. The average molecular weight is 290 g/mol. The lowest BCUT2D eigenvalue weighted by atomic mass is 10.2. The van der Waals surface area contributed by atoms with Gasteiger partial charge in [0.15, 0.2) is 0 Å². The Morgan fingerprint density at radius 1 is 1.35 bits per heavy atom. The van der Waals surface area contributed by atoms with Gasteiger partial charge < -0.3 is 4.74 Å². The number of benzene rings is 1. The second-order valence-corrected chi connectivity index (χ2v) is 5.02. The molecule has 0 atom stereocenters. The van der Waals surface area contributed by atoms with E-state index in [9.17, 15) is 4.39 Å². The molecule has 0 radical (unpaired) electrons. The molecule has 1 aromatic carbocycles. The van der Waals surface area contributed by atoms with Crippen LogP contribution in [0.5, 0.6) is 5.75 Å². The fraction of sp³-hybridized carbons (Fsp3) is 0.154. The van der Waals surface area contributed by atoms with Crippen LogP contribution in [0.25, 0.3) is 10.7 Å². The maximum absolute atomic E-state index is 13.3. The van der Waals surface area contributed by atoms with Crippen LogP contribution in [0, 0.1) is 5.82 Å². The van der Waals surface area contributed by atoms with Crippen LogP contribution in [-0.4, -0.2) is 27.3 Å². The van der Waals surface area contributed by atoms with Gasteiger partial charge in [-0.25, -0.2) is 4.39 Å². The Kier molecular flexibility index (Phi) is 3.42. The molecular formula is C13H11FN4OS. The number of rotatable bonds is 4. The van der Waals surface area contributed by atoms with Crippen molar-refractivity contribution in [2.75, 3.05) is 7.11 Å². The van der Waals surface area contributed by atoms with E-state index in [1.807, 2.05) is 17.5 Å². The van der Waals surface area contributed by atoms with Crippen molar-refractivity contribution in [3.63, 3.8) is 0 Å². The summed E-state index contributed by atoms with van der Waals surface area (Å²) in [6.07, 6.45) is 0. The molecule has 0 aliphatic heterocycles. The lowest BCUT2D eigenvalue weighted by Crippen LogP contribution is -2.06. The number of nitrogens with zero attached hydrogens (tertiary/aromatic N) is 4. The van der Waals surface area contributed by atoms with Crippen molar-refractivity contribution in [2.45, 2.75) is 6.54 Å². The number of aromatic nitrogens is 4. The molecule has 0 N–H and O–H groups in total. The Morgan fingerprint density at radius 3 is 3.00 bits per heavy atom. The second kappa shape index (κ2) is 5.38. The molecule has 0 bridgehead atoms. The second-order valence-electron chi connectivity index (χ2n) is 4.08. The number of ether oxygens (including phenoxy) is 1. The summed E-state index contributed by atoms with van der Waals surface area (Å²) in [5, 5.41) is 14.2. The molecule has 2 heterocycles. The highest BCUT2D eigenvalue weighted by atomic mass is 32.1. The minimum Gasteiger partial charge on any atom is -0.496 e. The summed E-state index contributed by atoms with van der Waals surface area (Å²) in [6.45, 7) is 0.305. The van der Waals surface area contributed by atoms with Crippen LogP contribution >= 0.6 is 11.3 Å². The lowest BCUT2D eigenvalue weighted by Gasteiger charge is -2.07. The summed E-state index contributed by atoms with van der Waals surface area (Å²) in [5.74, 6) is 0.844. The molecule has 0 unspecified atom stereocenters. The Labute approximate surface area is 118 Å². The predicted octanol–water partition coefficient (Wildman–Crippen LogP) is 2.60. The zero-order chi connectivity index (χ0) is 13.9. The van der Waals surface area contributed by atoms with Crippen molar-refractivity contribution in [2.24, 2.45) is 0 Å². The minimum atomic E-state index is -0.320. The van der Waals surface area contributed by atoms with Crippen molar-refractivity contribution in [3.05, 3.63) is 47.1 Å². The standard InChI is InChI=1S/C13H11FN4OS/c1-19-11-5-4-10(14)7-9(11)8-18-16-13(15-17-18)12-3-2-6-20-12/h2-7H,8H2,1H3. The zero-order valence-electron chi connectivity index (χ0n) is 10.7. The highest BCUT2D eigenvalue weighted by Gasteiger charge is 2.10. The molecule has 0 aliphatic rings. The van der Waals surface area contributed by atoms with Gasteiger partial charge in [0.25, 0.3) is 0 Å². The van der Waals surface area contributed by atoms with Crippen molar-refractivity contribution in [3.8, 4) is 16.5 Å². The molecule has 3 rings (SSSR count). The smallest absolute Gasteiger partial charge is 0.214 e. The fourth-order valence-electron chi connectivity index (χ4n) is 1.84. The van der Waals surface area contributed by atoms with Gasteiger partial charge >= 0.3 is 0 Å². The predicted molar refractivity (Wildman–Crippen MR) is 73.2 cm³/mol. The molecule has 0 saturated carbocycles. The first-order valence-corrected chi connectivity index (χ1v) is 6.78. The first-order valence-electron chi connectivity index (χ1n) is 5.90. The van der Waals surface area contributed by atoms with E-state index in [-0.39, 0.29) is 5.82 Å². The maximum atomic E-state index is 13.3. The molecule has 0 amide bonds. The van der Waals surface area contributed by atoms with Gasteiger partial charge in [-0.2, -0.15) is 4.80 Å². The number of thiophene rings is 1. The highest BCUT2D eigenvalue weighted by Crippen LogP contribution is 2.22. The van der Waals surface area contributed by atoms with Gasteiger partial charge in [-0.1, -0.05) is 6.07 Å². The summed E-state index contributed by atoms with van der Waals surface area (Å²) in [4.78, 5) is 2.37. The molecule has 0 fully saturated rings. The van der Waals surface area contributed by atoms with Gasteiger partial charge in [0.05, 0.1) is 18.5 Å². The Bertz CT molecular complexity index is 711. The largest absolute Gasteiger partial charge is 0.496 e. The van der Waals surface area contributed by atoms with Crippen molar-refractivity contribution in [1.29, 1.82) is 0 Å². The molecule has 0 saturated heterocycles. The molecule has 2 aromatic heterocycles. The normalized spacial score (nSPS) is 10.7. The Hall–Kier alpha value is -2.28. The summed E-state index contributed by atoms with van der Waals surface area (Å²) in [5.41, 5.74) is 0.669. The summed E-state index contributed by atoms with van der Waals surface area (Å²) >= 11 is 1.54. The highest BCUT2D eigenvalue weighted by molar-refractivity contribution is 7.13. The number of hydrogen-bond donors (Lipinski definition) is 0. The van der Waals surface area contributed by atoms with E-state index in [2.05, 4.69) is 15.4 Å². The lowest BCUT2D eigenvalue weighted by molar-refractivity contribution is 0.403. The first-order chi connectivity index (χ1) is 9.76. The van der Waals surface area contributed by atoms with Gasteiger partial charge in [-0.05, 0) is 34.9 Å². The quantitative estimate of drug-likeness (QED) is 0.741. The van der Waals surface area contributed by atoms with Crippen LogP contribution in [0.2, 0.25) is 0 Å². The molecule has 20 heavy (non-hydrogen) atoms. The van der Waals surface area contributed by atoms with Gasteiger partial charge in [0.2, 0.25) is 5.82 Å². The molecule has 7 heteroatoms. The number of methoxy groups -OCH3 is 1. The van der Waals surface area contributed by atoms with E-state index in [4.69, 9.17) is 4.74 Å². The zero-order valence-corrected chi connectivity index (χ0v) is 11.5. The van der Waals surface area contributed by atoms with E-state index in [1.165, 1.54) is 16.9 Å². The third-order valence-corrected chi connectivity index (χ3v) is 3.61. The number of tetrazole rings is 1. The van der Waals surface area contributed by atoms with Gasteiger partial charge in [0, 0.05) is 5.56 Å². The minimum absolute atomic E-state index is 0.305. The van der Waals surface area contributed by atoms with Gasteiger partial charge in [0.1, 0.15) is 11.6 Å². The first kappa shape index (κ1) is 12.7. The molecule has 3 aromatic rings. The topological polar surface area (TPSA) is 52.8 Å². The summed E-state index contributed by atoms with van der Waals surface area (Å²) in [7, 11) is 1.54. The monoisotopic (exact) mass is 290 g/mol. The van der Waals surface area contributed by atoms with E-state index in [1.54, 1.807) is 24.5 Å². The third-order valence-electron chi connectivity index (χ3n) is 2.75. The molecule has 102 valence electrons. The van der Waals surface area contributed by atoms with Crippen LogP contribution in [-0.2, 0) is 6.54 Å². The molecular weight excluding hydrogens is 279 g/mol. The molecule has 0 spiro atoms. The van der Waals surface area contributed by atoms with Crippen molar-refractivity contribution in [1.82, 2.24) is 20.2 Å². The van der Waals surface area contributed by atoms with E-state index >= 15 is 0 Å². The van der Waals surface area contributed by atoms with Crippen molar-refractivity contribution >= 4 is 11.3 Å². The fourth-order valence-corrected chi connectivity index (χ4v) is 2.49. The van der Waals surface area contributed by atoms with Crippen LogP contribution in [0.1, 0.15) is 5.56 Å². The number of hydrogen-bond acceptors (Lipinski definition) is 5. The summed E-state index contributed by atoms with van der Waals surface area (Å²) in [6, 6.07) is 8.20. The van der Waals surface area contributed by atoms with Crippen molar-refractivity contribution < 1.29 is 9.13 Å². The summed E-state index contributed by atoms with van der Waals surface area (Å²) < 4.78 is 18.5. The SMILES string of the molecule is COc1ccc(F)cc1Cn1nnc(-c2cccs2)n1. The van der Waals surface area contributed by atoms with Crippen LogP contribution in [0.3, 0.4) is 0 Å². The van der Waals surface area contributed by atoms with E-state index < -0.39 is 0 Å². The van der Waals surface area contributed by atoms with E-state index in [0.29, 0.717) is 23.7 Å². The maximum Gasteiger partial charge on any atom is 0.214 e. The van der Waals surface area contributed by atoms with E-state index in [0.717, 1.165) is 4.88 Å². The van der Waals surface area contributed by atoms with Crippen LogP contribution < -0.4 is 4.74 Å². The third kappa shape index (κ3) is 2.53. The Balaban J connectivity index is 1.87. The van der Waals surface area contributed by atoms with Gasteiger partial charge in [-0.15, -0.1) is 21.5 Å². The van der Waals surface area contributed by atoms with Gasteiger partial charge in [-0.3, -0.25) is 0 Å². The number of halogens is 1. The molecule has 0 aliphatic carbocycles.